The van der Waals surface area contributed by atoms with Gasteiger partial charge in [-0.25, -0.2) is 4.68 Å². The zero-order valence-electron chi connectivity index (χ0n) is 12.1. The lowest BCUT2D eigenvalue weighted by Gasteiger charge is -2.14. The van der Waals surface area contributed by atoms with Crippen LogP contribution in [-0.2, 0) is 6.42 Å². The number of thiophene rings is 1. The van der Waals surface area contributed by atoms with Crippen molar-refractivity contribution in [2.24, 2.45) is 0 Å². The van der Waals surface area contributed by atoms with Crippen LogP contribution in [0.25, 0.3) is 5.69 Å². The van der Waals surface area contributed by atoms with Crippen LogP contribution in [0.1, 0.15) is 23.5 Å². The minimum atomic E-state index is 0.263. The first-order valence-corrected chi connectivity index (χ1v) is 8.11. The van der Waals surface area contributed by atoms with Crippen LogP contribution in [0.3, 0.4) is 0 Å². The number of nitrogens with zero attached hydrogens (tertiary/aromatic N) is 2. The van der Waals surface area contributed by atoms with Crippen LogP contribution >= 0.6 is 11.3 Å². The highest BCUT2D eigenvalue weighted by atomic mass is 32.1. The van der Waals surface area contributed by atoms with E-state index in [1.54, 1.807) is 11.3 Å². The van der Waals surface area contributed by atoms with Crippen molar-refractivity contribution in [3.8, 4) is 5.69 Å². The molecule has 2 heterocycles. The molecule has 1 atom stereocenters. The summed E-state index contributed by atoms with van der Waals surface area (Å²) in [5.41, 5.74) is 2.18. The Morgan fingerprint density at radius 2 is 2.00 bits per heavy atom. The normalized spacial score (nSPS) is 12.4. The largest absolute Gasteiger partial charge is 0.309 e. The van der Waals surface area contributed by atoms with Gasteiger partial charge in [0.2, 0.25) is 0 Å². The molecular weight excluding hydrogens is 278 g/mol. The molecule has 0 saturated heterocycles. The molecule has 1 N–H and O–H groups in total. The van der Waals surface area contributed by atoms with Crippen LogP contribution in [0.5, 0.6) is 0 Å². The van der Waals surface area contributed by atoms with Gasteiger partial charge in [0.15, 0.2) is 0 Å². The van der Waals surface area contributed by atoms with Gasteiger partial charge in [-0.05, 0) is 36.2 Å². The van der Waals surface area contributed by atoms with Crippen molar-refractivity contribution in [1.82, 2.24) is 15.1 Å². The minimum absolute atomic E-state index is 0.263. The van der Waals surface area contributed by atoms with E-state index >= 15 is 0 Å². The first kappa shape index (κ1) is 14.0. The number of rotatable bonds is 6. The van der Waals surface area contributed by atoms with Crippen molar-refractivity contribution in [3.05, 3.63) is 70.7 Å². The summed E-state index contributed by atoms with van der Waals surface area (Å²) in [5, 5.41) is 10.4. The van der Waals surface area contributed by atoms with E-state index < -0.39 is 0 Å². The number of benzene rings is 1. The van der Waals surface area contributed by atoms with E-state index in [0.29, 0.717) is 0 Å². The SMILES string of the molecule is CCNC(Cc1cccs1)c1ccn(-c2ccccc2)n1. The van der Waals surface area contributed by atoms with Crippen molar-refractivity contribution < 1.29 is 0 Å². The summed E-state index contributed by atoms with van der Waals surface area (Å²) >= 11 is 1.80. The van der Waals surface area contributed by atoms with Gasteiger partial charge < -0.3 is 5.32 Å². The van der Waals surface area contributed by atoms with Gasteiger partial charge in [-0.15, -0.1) is 11.3 Å². The summed E-state index contributed by atoms with van der Waals surface area (Å²) < 4.78 is 1.94. The van der Waals surface area contributed by atoms with Gasteiger partial charge in [0.05, 0.1) is 17.4 Å². The number of para-hydroxylation sites is 1. The molecule has 3 nitrogen and oxygen atoms in total. The summed E-state index contributed by atoms with van der Waals surface area (Å²) in [6, 6.07) is 16.9. The Kier molecular flexibility index (Phi) is 4.48. The Bertz CT molecular complexity index is 658. The molecule has 0 aliphatic rings. The third-order valence-electron chi connectivity index (χ3n) is 3.42. The van der Waals surface area contributed by atoms with E-state index in [9.17, 15) is 0 Å². The van der Waals surface area contributed by atoms with E-state index in [0.717, 1.165) is 24.3 Å². The molecular formula is C17H19N3S. The maximum atomic E-state index is 4.74. The van der Waals surface area contributed by atoms with Crippen molar-refractivity contribution in [3.63, 3.8) is 0 Å². The predicted octanol–water partition coefficient (Wildman–Crippen LogP) is 3.83. The molecule has 108 valence electrons. The van der Waals surface area contributed by atoms with Crippen LogP contribution in [0, 0.1) is 0 Å². The molecule has 21 heavy (non-hydrogen) atoms. The molecule has 0 saturated carbocycles. The highest BCUT2D eigenvalue weighted by Gasteiger charge is 2.15. The molecule has 1 unspecified atom stereocenters. The van der Waals surface area contributed by atoms with Gasteiger partial charge in [0.1, 0.15) is 0 Å². The Labute approximate surface area is 129 Å². The maximum absolute atomic E-state index is 4.74. The van der Waals surface area contributed by atoms with Gasteiger partial charge in [-0.3, -0.25) is 0 Å². The molecule has 4 heteroatoms. The third kappa shape index (κ3) is 3.40. The second kappa shape index (κ2) is 6.70. The Balaban J connectivity index is 1.81. The van der Waals surface area contributed by atoms with Crippen LogP contribution in [0.15, 0.2) is 60.1 Å². The van der Waals surface area contributed by atoms with Crippen LogP contribution in [0.4, 0.5) is 0 Å². The molecule has 0 radical (unpaired) electrons. The first-order chi connectivity index (χ1) is 10.4. The Hall–Kier alpha value is -1.91. The summed E-state index contributed by atoms with van der Waals surface area (Å²) in [6.45, 7) is 3.07. The fraction of sp³-hybridized carbons (Fsp3) is 0.235. The van der Waals surface area contributed by atoms with Gasteiger partial charge in [0, 0.05) is 17.5 Å². The van der Waals surface area contributed by atoms with Crippen molar-refractivity contribution in [2.75, 3.05) is 6.54 Å². The predicted molar refractivity (Wildman–Crippen MR) is 88.0 cm³/mol. The third-order valence-corrected chi connectivity index (χ3v) is 4.32. The number of nitrogens with one attached hydrogen (secondary N) is 1. The maximum Gasteiger partial charge on any atom is 0.0802 e. The molecule has 0 bridgehead atoms. The number of likely N-dealkylation sites (N-methyl/N-ethyl adjacent to an activating group) is 1. The lowest BCUT2D eigenvalue weighted by molar-refractivity contribution is 0.535. The molecule has 0 fully saturated rings. The van der Waals surface area contributed by atoms with E-state index in [-0.39, 0.29) is 6.04 Å². The van der Waals surface area contributed by atoms with E-state index in [2.05, 4.69) is 48.0 Å². The smallest absolute Gasteiger partial charge is 0.0802 e. The monoisotopic (exact) mass is 297 g/mol. The topological polar surface area (TPSA) is 29.9 Å². The summed E-state index contributed by atoms with van der Waals surface area (Å²) in [5.74, 6) is 0. The van der Waals surface area contributed by atoms with Crippen molar-refractivity contribution in [2.45, 2.75) is 19.4 Å². The van der Waals surface area contributed by atoms with Crippen molar-refractivity contribution >= 4 is 11.3 Å². The van der Waals surface area contributed by atoms with E-state index in [4.69, 9.17) is 5.10 Å². The highest BCUT2D eigenvalue weighted by molar-refractivity contribution is 7.09. The lowest BCUT2D eigenvalue weighted by Crippen LogP contribution is -2.23. The van der Waals surface area contributed by atoms with E-state index in [1.807, 2.05) is 29.1 Å². The lowest BCUT2D eigenvalue weighted by atomic mass is 10.1. The molecule has 1 aromatic carbocycles. The van der Waals surface area contributed by atoms with Gasteiger partial charge >= 0.3 is 0 Å². The van der Waals surface area contributed by atoms with Gasteiger partial charge in [-0.2, -0.15) is 5.10 Å². The quantitative estimate of drug-likeness (QED) is 0.749. The summed E-state index contributed by atoms with van der Waals surface area (Å²) in [4.78, 5) is 1.38. The van der Waals surface area contributed by atoms with Crippen LogP contribution in [-0.4, -0.2) is 16.3 Å². The fourth-order valence-corrected chi connectivity index (χ4v) is 3.16. The Morgan fingerprint density at radius 3 is 2.71 bits per heavy atom. The summed E-state index contributed by atoms with van der Waals surface area (Å²) in [6.07, 6.45) is 3.01. The second-order valence-corrected chi connectivity index (χ2v) is 5.95. The second-order valence-electron chi connectivity index (χ2n) is 4.91. The molecule has 0 spiro atoms. The van der Waals surface area contributed by atoms with Crippen LogP contribution < -0.4 is 5.32 Å². The summed E-state index contributed by atoms with van der Waals surface area (Å²) in [7, 11) is 0. The number of hydrogen-bond donors (Lipinski definition) is 1. The molecule has 2 aromatic heterocycles. The van der Waals surface area contributed by atoms with Crippen molar-refractivity contribution in [1.29, 1.82) is 0 Å². The van der Waals surface area contributed by atoms with Gasteiger partial charge in [-0.1, -0.05) is 31.2 Å². The number of aromatic nitrogens is 2. The molecule has 0 amide bonds. The highest BCUT2D eigenvalue weighted by Crippen LogP contribution is 2.21. The average Bonchev–Trinajstić information content (AvgIpc) is 3.19. The minimum Gasteiger partial charge on any atom is -0.309 e. The molecule has 3 aromatic rings. The van der Waals surface area contributed by atoms with E-state index in [1.165, 1.54) is 4.88 Å². The zero-order chi connectivity index (χ0) is 14.5. The fourth-order valence-electron chi connectivity index (χ4n) is 2.41. The van der Waals surface area contributed by atoms with Gasteiger partial charge in [0.25, 0.3) is 0 Å². The first-order valence-electron chi connectivity index (χ1n) is 7.23. The standard InChI is InChI=1S/C17H19N3S/c1-2-18-17(13-15-9-6-12-21-15)16-10-11-20(19-16)14-7-4-3-5-8-14/h3-12,17-18H,2,13H2,1H3. The van der Waals surface area contributed by atoms with Crippen LogP contribution in [0.2, 0.25) is 0 Å². The molecule has 3 rings (SSSR count). The molecule has 0 aliphatic heterocycles. The zero-order valence-corrected chi connectivity index (χ0v) is 12.9. The Morgan fingerprint density at radius 1 is 1.14 bits per heavy atom. The number of hydrogen-bond acceptors (Lipinski definition) is 3. The molecule has 0 aliphatic carbocycles. The average molecular weight is 297 g/mol.